The summed E-state index contributed by atoms with van der Waals surface area (Å²) >= 11 is 5.49. The van der Waals surface area contributed by atoms with E-state index < -0.39 is 11.7 Å². The number of hydrogen-bond donors (Lipinski definition) is 0. The second-order valence-electron chi connectivity index (χ2n) is 2.16. The summed E-state index contributed by atoms with van der Waals surface area (Å²) in [5, 5.41) is 16.7. The lowest BCUT2D eigenvalue weighted by atomic mass is 10.0. The molecule has 0 radical (unpaired) electrons. The summed E-state index contributed by atoms with van der Waals surface area (Å²) in [4.78, 5) is 11.3. The first-order valence-electron chi connectivity index (χ1n) is 3.27. The normalized spacial score (nSPS) is 9.23. The molecule has 0 amide bonds. The zero-order valence-corrected chi connectivity index (χ0v) is 7.08. The summed E-state index contributed by atoms with van der Waals surface area (Å²) < 4.78 is 4.65. The standard InChI is InChI=1S/C8H3ClN2O2/c9-8-6(1-2-13-8)7(12)5(3-10)4-11/h1-2,5H. The summed E-state index contributed by atoms with van der Waals surface area (Å²) in [5.41, 5.74) is 0.0646. The number of Topliss-reactive ketones (excluding diaryl/α,β-unsaturated/α-hetero) is 1. The molecule has 1 aromatic heterocycles. The van der Waals surface area contributed by atoms with Gasteiger partial charge in [-0.25, -0.2) is 0 Å². The molecule has 0 spiro atoms. The van der Waals surface area contributed by atoms with Gasteiger partial charge in [0.05, 0.1) is 24.0 Å². The summed E-state index contributed by atoms with van der Waals surface area (Å²) in [6.45, 7) is 0. The first kappa shape index (κ1) is 9.31. The Morgan fingerprint density at radius 2 is 2.15 bits per heavy atom. The maximum atomic E-state index is 11.3. The molecule has 5 heteroatoms. The number of ketones is 1. The third-order valence-corrected chi connectivity index (χ3v) is 1.70. The van der Waals surface area contributed by atoms with Crippen molar-refractivity contribution in [2.24, 2.45) is 5.92 Å². The minimum Gasteiger partial charge on any atom is -0.452 e. The van der Waals surface area contributed by atoms with Crippen LogP contribution in [0.3, 0.4) is 0 Å². The van der Waals surface area contributed by atoms with E-state index >= 15 is 0 Å². The van der Waals surface area contributed by atoms with Crippen molar-refractivity contribution >= 4 is 17.4 Å². The van der Waals surface area contributed by atoms with Crippen molar-refractivity contribution in [2.75, 3.05) is 0 Å². The molecule has 0 aliphatic heterocycles. The quantitative estimate of drug-likeness (QED) is 0.673. The van der Waals surface area contributed by atoms with Gasteiger partial charge in [0.1, 0.15) is 0 Å². The maximum absolute atomic E-state index is 11.3. The highest BCUT2D eigenvalue weighted by molar-refractivity contribution is 6.32. The van der Waals surface area contributed by atoms with Gasteiger partial charge in [-0.2, -0.15) is 10.5 Å². The van der Waals surface area contributed by atoms with Gasteiger partial charge in [0.2, 0.25) is 5.22 Å². The molecule has 0 fully saturated rings. The van der Waals surface area contributed by atoms with Crippen LogP contribution in [-0.4, -0.2) is 5.78 Å². The van der Waals surface area contributed by atoms with Gasteiger partial charge in [0.15, 0.2) is 11.7 Å². The summed E-state index contributed by atoms with van der Waals surface area (Å²) in [6, 6.07) is 4.44. The molecule has 4 nitrogen and oxygen atoms in total. The first-order chi connectivity index (χ1) is 6.20. The Kier molecular flexibility index (Phi) is 2.69. The number of nitrogens with zero attached hydrogens (tertiary/aromatic N) is 2. The van der Waals surface area contributed by atoms with Crippen molar-refractivity contribution in [1.82, 2.24) is 0 Å². The van der Waals surface area contributed by atoms with Gasteiger partial charge < -0.3 is 4.42 Å². The number of carbonyl (C=O) groups is 1. The van der Waals surface area contributed by atoms with Crippen LogP contribution in [0.25, 0.3) is 0 Å². The SMILES string of the molecule is N#CC(C#N)C(=O)c1ccoc1Cl. The fraction of sp³-hybridized carbons (Fsp3) is 0.125. The molecular formula is C8H3ClN2O2. The molecule has 0 atom stereocenters. The number of rotatable bonds is 2. The zero-order chi connectivity index (χ0) is 9.84. The van der Waals surface area contributed by atoms with Gasteiger partial charge in [0.25, 0.3) is 0 Å². The average molecular weight is 195 g/mol. The van der Waals surface area contributed by atoms with Crippen molar-refractivity contribution < 1.29 is 9.21 Å². The Morgan fingerprint density at radius 3 is 2.54 bits per heavy atom. The van der Waals surface area contributed by atoms with Crippen molar-refractivity contribution in [3.63, 3.8) is 0 Å². The highest BCUT2D eigenvalue weighted by Crippen LogP contribution is 2.19. The monoisotopic (exact) mass is 194 g/mol. The smallest absolute Gasteiger partial charge is 0.203 e. The molecule has 64 valence electrons. The molecule has 0 saturated heterocycles. The Morgan fingerprint density at radius 1 is 1.54 bits per heavy atom. The van der Waals surface area contributed by atoms with Crippen LogP contribution in [0, 0.1) is 28.6 Å². The number of furan rings is 1. The van der Waals surface area contributed by atoms with E-state index in [1.807, 2.05) is 0 Å². The van der Waals surface area contributed by atoms with E-state index in [2.05, 4.69) is 4.42 Å². The van der Waals surface area contributed by atoms with E-state index in [0.29, 0.717) is 0 Å². The lowest BCUT2D eigenvalue weighted by molar-refractivity contribution is 0.0970. The molecule has 0 unspecified atom stereocenters. The van der Waals surface area contributed by atoms with Gasteiger partial charge in [-0.05, 0) is 17.7 Å². The highest BCUT2D eigenvalue weighted by Gasteiger charge is 2.22. The number of nitriles is 2. The van der Waals surface area contributed by atoms with E-state index in [9.17, 15) is 4.79 Å². The molecule has 0 saturated carbocycles. The van der Waals surface area contributed by atoms with Gasteiger partial charge in [-0.3, -0.25) is 4.79 Å². The Bertz CT molecular complexity index is 397. The van der Waals surface area contributed by atoms with E-state index in [0.717, 1.165) is 0 Å². The van der Waals surface area contributed by atoms with E-state index in [1.165, 1.54) is 12.3 Å². The van der Waals surface area contributed by atoms with Crippen LogP contribution in [0.2, 0.25) is 5.22 Å². The van der Waals surface area contributed by atoms with E-state index in [-0.39, 0.29) is 10.8 Å². The molecule has 0 N–H and O–H groups in total. The maximum Gasteiger partial charge on any atom is 0.203 e. The van der Waals surface area contributed by atoms with E-state index in [4.69, 9.17) is 22.1 Å². The predicted octanol–water partition coefficient (Wildman–Crippen LogP) is 1.78. The molecule has 13 heavy (non-hydrogen) atoms. The van der Waals surface area contributed by atoms with Crippen LogP contribution in [-0.2, 0) is 0 Å². The molecule has 1 rings (SSSR count). The van der Waals surface area contributed by atoms with Crippen molar-refractivity contribution in [3.05, 3.63) is 23.1 Å². The lowest BCUT2D eigenvalue weighted by Crippen LogP contribution is -2.10. The molecule has 0 aliphatic carbocycles. The van der Waals surface area contributed by atoms with Crippen LogP contribution in [0.15, 0.2) is 16.7 Å². The number of carbonyl (C=O) groups excluding carboxylic acids is 1. The molecule has 1 heterocycles. The van der Waals surface area contributed by atoms with E-state index in [1.54, 1.807) is 12.1 Å². The second kappa shape index (κ2) is 3.75. The molecule has 1 aromatic rings. The molecule has 0 aliphatic rings. The Hall–Kier alpha value is -1.78. The summed E-state index contributed by atoms with van der Waals surface area (Å²) in [6.07, 6.45) is 1.22. The van der Waals surface area contributed by atoms with Crippen LogP contribution in [0.5, 0.6) is 0 Å². The van der Waals surface area contributed by atoms with Crippen LogP contribution < -0.4 is 0 Å². The summed E-state index contributed by atoms with van der Waals surface area (Å²) in [7, 11) is 0. The number of hydrogen-bond acceptors (Lipinski definition) is 4. The lowest BCUT2D eigenvalue weighted by Gasteiger charge is -1.95. The van der Waals surface area contributed by atoms with Crippen molar-refractivity contribution in [1.29, 1.82) is 10.5 Å². The van der Waals surface area contributed by atoms with Gasteiger partial charge in [0, 0.05) is 0 Å². The molecular weight excluding hydrogens is 192 g/mol. The largest absolute Gasteiger partial charge is 0.452 e. The topological polar surface area (TPSA) is 77.8 Å². The number of halogens is 1. The predicted molar refractivity (Wildman–Crippen MR) is 42.8 cm³/mol. The fourth-order valence-electron chi connectivity index (χ4n) is 0.771. The molecule has 0 bridgehead atoms. The minimum atomic E-state index is -1.32. The van der Waals surface area contributed by atoms with Gasteiger partial charge >= 0.3 is 0 Å². The third-order valence-electron chi connectivity index (χ3n) is 1.40. The Balaban J connectivity index is 3.01. The average Bonchev–Trinajstić information content (AvgIpc) is 2.53. The minimum absolute atomic E-state index is 0.0646. The van der Waals surface area contributed by atoms with Crippen LogP contribution >= 0.6 is 11.6 Å². The third kappa shape index (κ3) is 1.69. The summed E-state index contributed by atoms with van der Waals surface area (Å²) in [5.74, 6) is -1.96. The van der Waals surface area contributed by atoms with Gasteiger partial charge in [-0.1, -0.05) is 0 Å². The van der Waals surface area contributed by atoms with Gasteiger partial charge in [-0.15, -0.1) is 0 Å². The highest BCUT2D eigenvalue weighted by atomic mass is 35.5. The second-order valence-corrected chi connectivity index (χ2v) is 2.51. The van der Waals surface area contributed by atoms with Crippen LogP contribution in [0.4, 0.5) is 0 Å². The molecule has 0 aromatic carbocycles. The van der Waals surface area contributed by atoms with Crippen LogP contribution in [0.1, 0.15) is 10.4 Å². The first-order valence-corrected chi connectivity index (χ1v) is 3.65. The fourth-order valence-corrected chi connectivity index (χ4v) is 0.979. The van der Waals surface area contributed by atoms with Crippen molar-refractivity contribution in [3.8, 4) is 12.1 Å². The Labute approximate surface area is 78.9 Å². The van der Waals surface area contributed by atoms with Crippen molar-refractivity contribution in [2.45, 2.75) is 0 Å². The zero-order valence-electron chi connectivity index (χ0n) is 6.32.